The zero-order valence-corrected chi connectivity index (χ0v) is 21.4. The number of carbonyl (C=O) groups is 2. The van der Waals surface area contributed by atoms with Crippen molar-refractivity contribution in [3.8, 4) is 0 Å². The molecular weight excluding hydrogens is 503 g/mol. The summed E-state index contributed by atoms with van der Waals surface area (Å²) < 4.78 is 6.09. The summed E-state index contributed by atoms with van der Waals surface area (Å²) in [7, 11) is 0. The fraction of sp³-hybridized carbons (Fsp3) is 0.680. The van der Waals surface area contributed by atoms with Gasteiger partial charge in [0.1, 0.15) is 0 Å². The Labute approximate surface area is 202 Å². The summed E-state index contributed by atoms with van der Waals surface area (Å²) in [5, 5.41) is 5.78. The standard InChI is InChI=1S/C25H41IN2O3/c1-2-31-24(29)16-14-12-10-8-6-4-3-5-7-9-11-13-15-21-27-25(30)28-23-19-17-22(26)18-20-23/h17-20H,2-16,21H2,1H3,(H2,27,28,30). The maximum absolute atomic E-state index is 11.8. The van der Waals surface area contributed by atoms with E-state index in [0.29, 0.717) is 13.0 Å². The van der Waals surface area contributed by atoms with Crippen molar-refractivity contribution in [1.29, 1.82) is 0 Å². The Morgan fingerprint density at radius 1 is 0.774 bits per heavy atom. The van der Waals surface area contributed by atoms with E-state index in [4.69, 9.17) is 4.74 Å². The third-order valence-electron chi connectivity index (χ3n) is 5.25. The molecule has 0 atom stereocenters. The second kappa shape index (κ2) is 19.4. The van der Waals surface area contributed by atoms with E-state index in [9.17, 15) is 9.59 Å². The van der Waals surface area contributed by atoms with Crippen LogP contribution in [0.5, 0.6) is 0 Å². The van der Waals surface area contributed by atoms with Gasteiger partial charge in [-0.1, -0.05) is 70.6 Å². The molecule has 1 aromatic carbocycles. The van der Waals surface area contributed by atoms with Gasteiger partial charge in [0.15, 0.2) is 0 Å². The van der Waals surface area contributed by atoms with Crippen molar-refractivity contribution in [2.75, 3.05) is 18.5 Å². The molecule has 0 saturated carbocycles. The number of esters is 1. The van der Waals surface area contributed by atoms with E-state index in [1.54, 1.807) is 0 Å². The normalized spacial score (nSPS) is 10.6. The largest absolute Gasteiger partial charge is 0.466 e. The fourth-order valence-electron chi connectivity index (χ4n) is 3.48. The molecule has 2 amide bonds. The number of urea groups is 1. The van der Waals surface area contributed by atoms with E-state index in [1.165, 1.54) is 64.2 Å². The third-order valence-corrected chi connectivity index (χ3v) is 5.97. The quantitative estimate of drug-likeness (QED) is 0.115. The van der Waals surface area contributed by atoms with Crippen LogP contribution in [-0.4, -0.2) is 25.2 Å². The van der Waals surface area contributed by atoms with Crippen molar-refractivity contribution in [3.63, 3.8) is 0 Å². The van der Waals surface area contributed by atoms with Crippen molar-refractivity contribution in [2.45, 2.75) is 96.8 Å². The molecule has 176 valence electrons. The highest BCUT2D eigenvalue weighted by Crippen LogP contribution is 2.13. The monoisotopic (exact) mass is 544 g/mol. The number of nitrogens with one attached hydrogen (secondary N) is 2. The molecule has 1 rings (SSSR count). The van der Waals surface area contributed by atoms with E-state index in [2.05, 4.69) is 33.2 Å². The van der Waals surface area contributed by atoms with Gasteiger partial charge in [0.05, 0.1) is 6.61 Å². The van der Waals surface area contributed by atoms with Gasteiger partial charge in [0.2, 0.25) is 0 Å². The zero-order valence-electron chi connectivity index (χ0n) is 19.2. The number of unbranched alkanes of at least 4 members (excludes halogenated alkanes) is 12. The Morgan fingerprint density at radius 3 is 1.77 bits per heavy atom. The number of amides is 2. The topological polar surface area (TPSA) is 67.4 Å². The Morgan fingerprint density at radius 2 is 1.26 bits per heavy atom. The van der Waals surface area contributed by atoms with Crippen LogP contribution in [0.3, 0.4) is 0 Å². The molecule has 31 heavy (non-hydrogen) atoms. The predicted molar refractivity (Wildman–Crippen MR) is 137 cm³/mol. The predicted octanol–water partition coefficient (Wildman–Crippen LogP) is 7.44. The number of halogens is 1. The van der Waals surface area contributed by atoms with Crippen LogP contribution in [0, 0.1) is 3.57 Å². The average molecular weight is 545 g/mol. The highest BCUT2D eigenvalue weighted by Gasteiger charge is 2.02. The molecule has 0 unspecified atom stereocenters. The number of rotatable bonds is 18. The third kappa shape index (κ3) is 17.0. The SMILES string of the molecule is CCOC(=O)CCCCCCCCCCCCCCCNC(=O)Nc1ccc(I)cc1. The van der Waals surface area contributed by atoms with Gasteiger partial charge in [-0.05, 0) is 66.6 Å². The first-order valence-electron chi connectivity index (χ1n) is 12.1. The molecule has 5 nitrogen and oxygen atoms in total. The van der Waals surface area contributed by atoms with Crippen LogP contribution in [0.25, 0.3) is 0 Å². The number of carbonyl (C=O) groups excluding carboxylic acids is 2. The molecule has 0 saturated heterocycles. The maximum Gasteiger partial charge on any atom is 0.319 e. The Hall–Kier alpha value is -1.31. The number of hydrogen-bond donors (Lipinski definition) is 2. The van der Waals surface area contributed by atoms with Crippen LogP contribution in [0.2, 0.25) is 0 Å². The summed E-state index contributed by atoms with van der Waals surface area (Å²) in [5.74, 6) is -0.0536. The van der Waals surface area contributed by atoms with Crippen LogP contribution in [0.15, 0.2) is 24.3 Å². The lowest BCUT2D eigenvalue weighted by atomic mass is 10.0. The van der Waals surface area contributed by atoms with Crippen molar-refractivity contribution in [2.24, 2.45) is 0 Å². The Balaban J connectivity index is 1.78. The molecule has 6 heteroatoms. The first kappa shape index (κ1) is 27.7. The first-order valence-corrected chi connectivity index (χ1v) is 13.2. The van der Waals surface area contributed by atoms with Gasteiger partial charge in [0.25, 0.3) is 0 Å². The number of ether oxygens (including phenoxy) is 1. The van der Waals surface area contributed by atoms with Gasteiger partial charge >= 0.3 is 12.0 Å². The molecule has 0 radical (unpaired) electrons. The molecule has 1 aromatic rings. The van der Waals surface area contributed by atoms with Crippen molar-refractivity contribution in [3.05, 3.63) is 27.8 Å². The van der Waals surface area contributed by atoms with E-state index in [1.807, 2.05) is 31.2 Å². The highest BCUT2D eigenvalue weighted by molar-refractivity contribution is 14.1. The van der Waals surface area contributed by atoms with Gasteiger partial charge in [-0.2, -0.15) is 0 Å². The van der Waals surface area contributed by atoms with Gasteiger partial charge in [-0.25, -0.2) is 4.79 Å². The summed E-state index contributed by atoms with van der Waals surface area (Å²) in [6.07, 6.45) is 16.6. The number of anilines is 1. The first-order chi connectivity index (χ1) is 15.1. The average Bonchev–Trinajstić information content (AvgIpc) is 2.75. The lowest BCUT2D eigenvalue weighted by molar-refractivity contribution is -0.143. The summed E-state index contributed by atoms with van der Waals surface area (Å²) in [4.78, 5) is 23.1. The molecule has 0 spiro atoms. The molecule has 0 aromatic heterocycles. The summed E-state index contributed by atoms with van der Waals surface area (Å²) in [5.41, 5.74) is 0.826. The smallest absolute Gasteiger partial charge is 0.319 e. The van der Waals surface area contributed by atoms with E-state index in [0.717, 1.165) is 35.1 Å². The van der Waals surface area contributed by atoms with Crippen molar-refractivity contribution < 1.29 is 14.3 Å². The van der Waals surface area contributed by atoms with E-state index >= 15 is 0 Å². The van der Waals surface area contributed by atoms with Gasteiger partial charge in [-0.15, -0.1) is 0 Å². The van der Waals surface area contributed by atoms with Crippen LogP contribution < -0.4 is 10.6 Å². The molecular formula is C25H41IN2O3. The second-order valence-electron chi connectivity index (χ2n) is 8.04. The molecule has 0 heterocycles. The number of hydrogen-bond acceptors (Lipinski definition) is 3. The summed E-state index contributed by atoms with van der Waals surface area (Å²) in [6, 6.07) is 7.66. The van der Waals surface area contributed by atoms with Crippen LogP contribution in [0.1, 0.15) is 96.8 Å². The Kier molecular flexibility index (Phi) is 17.3. The lowest BCUT2D eigenvalue weighted by Gasteiger charge is -2.08. The van der Waals surface area contributed by atoms with Gasteiger partial charge in [-0.3, -0.25) is 4.79 Å². The van der Waals surface area contributed by atoms with Crippen LogP contribution >= 0.6 is 22.6 Å². The van der Waals surface area contributed by atoms with Gasteiger partial charge < -0.3 is 15.4 Å². The minimum absolute atomic E-state index is 0.0536. The molecule has 0 bridgehead atoms. The molecule has 0 fully saturated rings. The van der Waals surface area contributed by atoms with Crippen molar-refractivity contribution >= 4 is 40.3 Å². The molecule has 0 aliphatic rings. The summed E-state index contributed by atoms with van der Waals surface area (Å²) in [6.45, 7) is 3.08. The number of benzene rings is 1. The minimum atomic E-state index is -0.125. The molecule has 0 aliphatic carbocycles. The minimum Gasteiger partial charge on any atom is -0.466 e. The fourth-order valence-corrected chi connectivity index (χ4v) is 3.84. The molecule has 2 N–H and O–H groups in total. The van der Waals surface area contributed by atoms with Crippen molar-refractivity contribution in [1.82, 2.24) is 5.32 Å². The van der Waals surface area contributed by atoms with Gasteiger partial charge in [0, 0.05) is 22.2 Å². The van der Waals surface area contributed by atoms with Crippen LogP contribution in [-0.2, 0) is 9.53 Å². The molecule has 0 aliphatic heterocycles. The highest BCUT2D eigenvalue weighted by atomic mass is 127. The summed E-state index contributed by atoms with van der Waals surface area (Å²) >= 11 is 2.25. The van der Waals surface area contributed by atoms with E-state index in [-0.39, 0.29) is 12.0 Å². The van der Waals surface area contributed by atoms with Crippen LogP contribution in [0.4, 0.5) is 10.5 Å². The van der Waals surface area contributed by atoms with E-state index < -0.39 is 0 Å². The lowest BCUT2D eigenvalue weighted by Crippen LogP contribution is -2.29. The zero-order chi connectivity index (χ0) is 22.6. The Bertz CT molecular complexity index is 593. The maximum atomic E-state index is 11.8. The second-order valence-corrected chi connectivity index (χ2v) is 9.28.